The summed E-state index contributed by atoms with van der Waals surface area (Å²) in [5, 5.41) is 1.17. The molecule has 3 heteroatoms. The van der Waals surface area contributed by atoms with Gasteiger partial charge in [-0.1, -0.05) is 11.8 Å². The summed E-state index contributed by atoms with van der Waals surface area (Å²) in [6.07, 6.45) is 2.06. The first-order valence-electron chi connectivity index (χ1n) is 3.07. The van der Waals surface area contributed by atoms with Crippen molar-refractivity contribution in [1.82, 2.24) is 4.90 Å². The van der Waals surface area contributed by atoms with E-state index in [0.717, 1.165) is 6.54 Å². The van der Waals surface area contributed by atoms with Crippen molar-refractivity contribution in [2.24, 2.45) is 4.99 Å². The van der Waals surface area contributed by atoms with Crippen LogP contribution in [0.3, 0.4) is 0 Å². The molecule has 0 bridgehead atoms. The maximum absolute atomic E-state index is 4.39. The van der Waals surface area contributed by atoms with Crippen molar-refractivity contribution in [2.45, 2.75) is 13.0 Å². The maximum Gasteiger partial charge on any atom is 0.159 e. The standard InChI is InChI=1S/C6H12N2S/c1-5-4-8(2)6(7-5)9-3/h5H,4H2,1-3H3. The smallest absolute Gasteiger partial charge is 0.159 e. The zero-order valence-corrected chi connectivity index (χ0v) is 6.90. The van der Waals surface area contributed by atoms with Crippen LogP contribution in [0.2, 0.25) is 0 Å². The maximum atomic E-state index is 4.39. The molecule has 1 atom stereocenters. The second-order valence-electron chi connectivity index (χ2n) is 2.35. The van der Waals surface area contributed by atoms with Crippen molar-refractivity contribution in [2.75, 3.05) is 19.8 Å². The average Bonchev–Trinajstić information content (AvgIpc) is 2.10. The Morgan fingerprint density at radius 1 is 1.78 bits per heavy atom. The third-order valence-corrected chi connectivity index (χ3v) is 2.16. The van der Waals surface area contributed by atoms with Crippen molar-refractivity contribution in [1.29, 1.82) is 0 Å². The molecular weight excluding hydrogens is 132 g/mol. The largest absolute Gasteiger partial charge is 0.352 e. The highest BCUT2D eigenvalue weighted by molar-refractivity contribution is 8.13. The Kier molecular flexibility index (Phi) is 2.01. The Balaban J connectivity index is 2.57. The number of hydrogen-bond acceptors (Lipinski definition) is 3. The fraction of sp³-hybridized carbons (Fsp3) is 0.833. The molecule has 0 N–H and O–H groups in total. The van der Waals surface area contributed by atoms with Crippen molar-refractivity contribution in [3.63, 3.8) is 0 Å². The summed E-state index contributed by atoms with van der Waals surface area (Å²) in [6.45, 7) is 3.22. The molecule has 0 amide bonds. The Hall–Kier alpha value is -0.180. The van der Waals surface area contributed by atoms with E-state index in [0.29, 0.717) is 6.04 Å². The lowest BCUT2D eigenvalue weighted by molar-refractivity contribution is 0.519. The lowest BCUT2D eigenvalue weighted by Crippen LogP contribution is -2.21. The van der Waals surface area contributed by atoms with Gasteiger partial charge in [-0.15, -0.1) is 0 Å². The van der Waals surface area contributed by atoms with E-state index >= 15 is 0 Å². The van der Waals surface area contributed by atoms with Gasteiger partial charge in [0.15, 0.2) is 5.17 Å². The molecule has 52 valence electrons. The molecule has 0 aromatic rings. The summed E-state index contributed by atoms with van der Waals surface area (Å²) in [5.74, 6) is 0. The molecule has 0 radical (unpaired) electrons. The van der Waals surface area contributed by atoms with Crippen LogP contribution in [-0.2, 0) is 0 Å². The first kappa shape index (κ1) is 6.93. The van der Waals surface area contributed by atoms with E-state index in [1.165, 1.54) is 5.17 Å². The fourth-order valence-corrected chi connectivity index (χ4v) is 1.68. The molecule has 1 rings (SSSR count). The van der Waals surface area contributed by atoms with Gasteiger partial charge in [0.1, 0.15) is 0 Å². The van der Waals surface area contributed by atoms with E-state index in [9.17, 15) is 0 Å². The quantitative estimate of drug-likeness (QED) is 0.505. The van der Waals surface area contributed by atoms with Crippen molar-refractivity contribution >= 4 is 16.9 Å². The molecule has 1 aliphatic heterocycles. The Labute approximate surface area is 60.3 Å². The third-order valence-electron chi connectivity index (χ3n) is 1.38. The van der Waals surface area contributed by atoms with Gasteiger partial charge in [0.2, 0.25) is 0 Å². The topological polar surface area (TPSA) is 15.6 Å². The lowest BCUT2D eigenvalue weighted by atomic mass is 10.4. The van der Waals surface area contributed by atoms with E-state index in [1.807, 2.05) is 0 Å². The molecule has 9 heavy (non-hydrogen) atoms. The number of nitrogens with zero attached hydrogens (tertiary/aromatic N) is 2. The molecule has 2 nitrogen and oxygen atoms in total. The summed E-state index contributed by atoms with van der Waals surface area (Å²) < 4.78 is 0. The minimum atomic E-state index is 0.498. The van der Waals surface area contributed by atoms with E-state index in [4.69, 9.17) is 0 Å². The Bertz CT molecular complexity index is 133. The summed E-state index contributed by atoms with van der Waals surface area (Å²) in [5.41, 5.74) is 0. The van der Waals surface area contributed by atoms with Gasteiger partial charge in [0.05, 0.1) is 6.04 Å². The van der Waals surface area contributed by atoms with Gasteiger partial charge in [-0.25, -0.2) is 0 Å². The zero-order valence-electron chi connectivity index (χ0n) is 6.09. The first-order chi connectivity index (χ1) is 4.24. The first-order valence-corrected chi connectivity index (χ1v) is 4.29. The third kappa shape index (κ3) is 1.39. The lowest BCUT2D eigenvalue weighted by Gasteiger charge is -2.10. The van der Waals surface area contributed by atoms with Gasteiger partial charge in [-0.3, -0.25) is 4.99 Å². The van der Waals surface area contributed by atoms with Crippen molar-refractivity contribution in [3.8, 4) is 0 Å². The van der Waals surface area contributed by atoms with Crippen LogP contribution in [0.15, 0.2) is 4.99 Å². The van der Waals surface area contributed by atoms with E-state index in [2.05, 4.69) is 30.1 Å². The van der Waals surface area contributed by atoms with Gasteiger partial charge < -0.3 is 4.90 Å². The highest BCUT2D eigenvalue weighted by atomic mass is 32.2. The average molecular weight is 144 g/mol. The number of rotatable bonds is 0. The molecule has 0 saturated heterocycles. The van der Waals surface area contributed by atoms with Gasteiger partial charge >= 0.3 is 0 Å². The molecule has 0 aromatic heterocycles. The Morgan fingerprint density at radius 2 is 2.44 bits per heavy atom. The molecule has 0 aromatic carbocycles. The number of amidine groups is 1. The number of likely N-dealkylation sites (N-methyl/N-ethyl adjacent to an activating group) is 1. The molecule has 0 aliphatic carbocycles. The molecule has 1 unspecified atom stereocenters. The van der Waals surface area contributed by atoms with Gasteiger partial charge in [0.25, 0.3) is 0 Å². The summed E-state index contributed by atoms with van der Waals surface area (Å²) in [4.78, 5) is 6.58. The normalized spacial score (nSPS) is 26.8. The van der Waals surface area contributed by atoms with Gasteiger partial charge in [-0.05, 0) is 13.2 Å². The molecule has 1 heterocycles. The number of aliphatic imine (C=N–C) groups is 1. The van der Waals surface area contributed by atoms with Crippen LogP contribution in [0.25, 0.3) is 0 Å². The van der Waals surface area contributed by atoms with Crippen LogP contribution in [0.1, 0.15) is 6.92 Å². The Morgan fingerprint density at radius 3 is 2.67 bits per heavy atom. The van der Waals surface area contributed by atoms with E-state index in [-0.39, 0.29) is 0 Å². The van der Waals surface area contributed by atoms with Crippen molar-refractivity contribution < 1.29 is 0 Å². The minimum absolute atomic E-state index is 0.498. The minimum Gasteiger partial charge on any atom is -0.352 e. The van der Waals surface area contributed by atoms with Crippen LogP contribution in [0.5, 0.6) is 0 Å². The van der Waals surface area contributed by atoms with Crippen LogP contribution in [0, 0.1) is 0 Å². The summed E-state index contributed by atoms with van der Waals surface area (Å²) in [7, 11) is 2.08. The molecule has 0 fully saturated rings. The molecular formula is C6H12N2S. The van der Waals surface area contributed by atoms with Crippen LogP contribution < -0.4 is 0 Å². The molecule has 1 aliphatic rings. The summed E-state index contributed by atoms with van der Waals surface area (Å²) >= 11 is 1.72. The second-order valence-corrected chi connectivity index (χ2v) is 3.12. The molecule has 0 saturated carbocycles. The predicted molar refractivity (Wildman–Crippen MR) is 43.0 cm³/mol. The van der Waals surface area contributed by atoms with Crippen LogP contribution in [0.4, 0.5) is 0 Å². The highest BCUT2D eigenvalue weighted by Crippen LogP contribution is 2.12. The SMILES string of the molecule is CSC1=NC(C)CN1C. The second kappa shape index (κ2) is 2.60. The predicted octanol–water partition coefficient (Wildman–Crippen LogP) is 1.04. The fourth-order valence-electron chi connectivity index (χ4n) is 1.01. The molecule has 0 spiro atoms. The van der Waals surface area contributed by atoms with E-state index in [1.54, 1.807) is 11.8 Å². The van der Waals surface area contributed by atoms with Crippen molar-refractivity contribution in [3.05, 3.63) is 0 Å². The van der Waals surface area contributed by atoms with Gasteiger partial charge in [-0.2, -0.15) is 0 Å². The van der Waals surface area contributed by atoms with E-state index < -0.39 is 0 Å². The number of hydrogen-bond donors (Lipinski definition) is 0. The summed E-state index contributed by atoms with van der Waals surface area (Å²) in [6, 6.07) is 0.498. The van der Waals surface area contributed by atoms with Gasteiger partial charge in [0, 0.05) is 13.6 Å². The van der Waals surface area contributed by atoms with Crippen LogP contribution in [-0.4, -0.2) is 36.0 Å². The highest BCUT2D eigenvalue weighted by Gasteiger charge is 2.16. The number of thioether (sulfide) groups is 1. The van der Waals surface area contributed by atoms with Crippen LogP contribution >= 0.6 is 11.8 Å². The monoisotopic (exact) mass is 144 g/mol. The zero-order chi connectivity index (χ0) is 6.85.